The number of ether oxygens (including phenoxy) is 1. The summed E-state index contributed by atoms with van der Waals surface area (Å²) in [6.07, 6.45) is 2.79. The summed E-state index contributed by atoms with van der Waals surface area (Å²) >= 11 is 2.00. The van der Waals surface area contributed by atoms with Crippen molar-refractivity contribution in [3.8, 4) is 5.75 Å². The summed E-state index contributed by atoms with van der Waals surface area (Å²) in [6.45, 7) is 1.16. The summed E-state index contributed by atoms with van der Waals surface area (Å²) in [6, 6.07) is 7.33. The van der Waals surface area contributed by atoms with E-state index in [2.05, 4.69) is 5.32 Å². The molecule has 1 aliphatic rings. The molecule has 0 radical (unpaired) electrons. The lowest BCUT2D eigenvalue weighted by Crippen LogP contribution is -2.31. The largest absolute Gasteiger partial charge is 0.491 e. The van der Waals surface area contributed by atoms with Crippen molar-refractivity contribution >= 4 is 23.4 Å². The molecule has 0 saturated carbocycles. The number of carbonyl (C=O) groups excluding carboxylic acids is 1. The van der Waals surface area contributed by atoms with E-state index in [0.29, 0.717) is 30.4 Å². The maximum atomic E-state index is 11.7. The van der Waals surface area contributed by atoms with E-state index in [-0.39, 0.29) is 5.91 Å². The van der Waals surface area contributed by atoms with E-state index >= 15 is 0 Å². The van der Waals surface area contributed by atoms with Crippen molar-refractivity contribution in [3.05, 3.63) is 24.3 Å². The van der Waals surface area contributed by atoms with Gasteiger partial charge in [-0.1, -0.05) is 12.1 Å². The number of nitrogens with one attached hydrogen (secondary N) is 1. The molecule has 110 valence electrons. The zero-order chi connectivity index (χ0) is 14.2. The van der Waals surface area contributed by atoms with Gasteiger partial charge in [0.15, 0.2) is 0 Å². The minimum Gasteiger partial charge on any atom is -0.491 e. The summed E-state index contributed by atoms with van der Waals surface area (Å²) in [7, 11) is 0. The topological polar surface area (TPSA) is 64.3 Å². The Kier molecular flexibility index (Phi) is 6.05. The Morgan fingerprint density at radius 1 is 1.35 bits per heavy atom. The van der Waals surface area contributed by atoms with Crippen molar-refractivity contribution in [3.63, 3.8) is 0 Å². The molecule has 1 saturated heterocycles. The standard InChI is InChI=1S/C15H22N2O2S/c16-13-3-1-2-4-14(13)19-8-5-15(18)17-11-12-6-9-20-10-7-12/h1-4,12H,5-11,16H2,(H,17,18). The fourth-order valence-corrected chi connectivity index (χ4v) is 3.37. The number of amides is 1. The molecule has 1 amide bonds. The number of rotatable bonds is 6. The number of thioether (sulfide) groups is 1. The zero-order valence-electron chi connectivity index (χ0n) is 11.6. The summed E-state index contributed by atoms with van der Waals surface area (Å²) < 4.78 is 5.51. The van der Waals surface area contributed by atoms with Crippen molar-refractivity contribution in [2.24, 2.45) is 5.92 Å². The number of nitrogen functional groups attached to an aromatic ring is 1. The first kappa shape index (κ1) is 15.0. The average Bonchev–Trinajstić information content (AvgIpc) is 2.48. The Labute approximate surface area is 124 Å². The molecule has 0 unspecified atom stereocenters. The lowest BCUT2D eigenvalue weighted by molar-refractivity contribution is -0.121. The molecule has 1 aromatic rings. The number of carbonyl (C=O) groups is 1. The number of hydrogen-bond donors (Lipinski definition) is 2. The molecule has 0 bridgehead atoms. The van der Waals surface area contributed by atoms with Crippen molar-refractivity contribution in [2.45, 2.75) is 19.3 Å². The van der Waals surface area contributed by atoms with Crippen LogP contribution in [-0.2, 0) is 4.79 Å². The Bertz CT molecular complexity index is 434. The van der Waals surface area contributed by atoms with Crippen LogP contribution < -0.4 is 15.8 Å². The molecule has 5 heteroatoms. The lowest BCUT2D eigenvalue weighted by atomic mass is 10.0. The van der Waals surface area contributed by atoms with Gasteiger partial charge in [0, 0.05) is 6.54 Å². The van der Waals surface area contributed by atoms with Gasteiger partial charge in [0.2, 0.25) is 5.91 Å². The summed E-state index contributed by atoms with van der Waals surface area (Å²) in [5, 5.41) is 2.99. The summed E-state index contributed by atoms with van der Waals surface area (Å²) in [4.78, 5) is 11.7. The molecule has 0 atom stereocenters. The third kappa shape index (κ3) is 4.96. The molecule has 1 fully saturated rings. The number of hydrogen-bond acceptors (Lipinski definition) is 4. The van der Waals surface area contributed by atoms with Crippen LogP contribution in [0.25, 0.3) is 0 Å². The second-order valence-electron chi connectivity index (χ2n) is 5.00. The Balaban J connectivity index is 1.61. The molecular formula is C15H22N2O2S. The molecule has 1 aromatic carbocycles. The number of anilines is 1. The van der Waals surface area contributed by atoms with Gasteiger partial charge < -0.3 is 15.8 Å². The molecule has 0 aromatic heterocycles. The van der Waals surface area contributed by atoms with Gasteiger partial charge in [0.1, 0.15) is 5.75 Å². The third-order valence-electron chi connectivity index (χ3n) is 3.43. The molecule has 3 N–H and O–H groups in total. The van der Waals surface area contributed by atoms with E-state index in [1.807, 2.05) is 30.0 Å². The highest BCUT2D eigenvalue weighted by atomic mass is 32.2. The van der Waals surface area contributed by atoms with Crippen LogP contribution in [0.2, 0.25) is 0 Å². The minimum atomic E-state index is 0.0535. The van der Waals surface area contributed by atoms with E-state index in [1.54, 1.807) is 6.07 Å². The maximum absolute atomic E-state index is 11.7. The molecule has 0 spiro atoms. The van der Waals surface area contributed by atoms with Crippen LogP contribution in [0.1, 0.15) is 19.3 Å². The predicted octanol–water partition coefficient (Wildman–Crippen LogP) is 2.30. The highest BCUT2D eigenvalue weighted by molar-refractivity contribution is 7.99. The van der Waals surface area contributed by atoms with E-state index < -0.39 is 0 Å². The van der Waals surface area contributed by atoms with E-state index in [9.17, 15) is 4.79 Å². The number of para-hydroxylation sites is 2. The predicted molar refractivity (Wildman–Crippen MR) is 84.0 cm³/mol. The van der Waals surface area contributed by atoms with Crippen molar-refractivity contribution < 1.29 is 9.53 Å². The first-order valence-corrected chi connectivity index (χ1v) is 8.23. The first-order valence-electron chi connectivity index (χ1n) is 7.07. The van der Waals surface area contributed by atoms with Crippen LogP contribution in [0.5, 0.6) is 5.75 Å². The summed E-state index contributed by atoms with van der Waals surface area (Å²) in [5.41, 5.74) is 6.37. The quantitative estimate of drug-likeness (QED) is 0.790. The highest BCUT2D eigenvalue weighted by Crippen LogP contribution is 2.22. The van der Waals surface area contributed by atoms with Gasteiger partial charge in [-0.25, -0.2) is 0 Å². The van der Waals surface area contributed by atoms with Crippen molar-refractivity contribution in [2.75, 3.05) is 30.4 Å². The molecule has 1 heterocycles. The third-order valence-corrected chi connectivity index (χ3v) is 4.48. The zero-order valence-corrected chi connectivity index (χ0v) is 12.5. The molecule has 0 aliphatic carbocycles. The monoisotopic (exact) mass is 294 g/mol. The van der Waals surface area contributed by atoms with Crippen LogP contribution in [0, 0.1) is 5.92 Å². The number of nitrogens with two attached hydrogens (primary N) is 1. The molecular weight excluding hydrogens is 272 g/mol. The van der Waals surface area contributed by atoms with E-state index in [0.717, 1.165) is 6.54 Å². The van der Waals surface area contributed by atoms with Crippen molar-refractivity contribution in [1.29, 1.82) is 0 Å². The van der Waals surface area contributed by atoms with Gasteiger partial charge in [-0.3, -0.25) is 4.79 Å². The maximum Gasteiger partial charge on any atom is 0.223 e. The van der Waals surface area contributed by atoms with Gasteiger partial charge in [-0.15, -0.1) is 0 Å². The SMILES string of the molecule is Nc1ccccc1OCCC(=O)NCC1CCSCC1. The van der Waals surface area contributed by atoms with Gasteiger partial charge in [-0.05, 0) is 42.4 Å². The van der Waals surface area contributed by atoms with E-state index in [1.165, 1.54) is 24.3 Å². The van der Waals surface area contributed by atoms with Crippen molar-refractivity contribution in [1.82, 2.24) is 5.32 Å². The molecule has 20 heavy (non-hydrogen) atoms. The Morgan fingerprint density at radius 3 is 2.85 bits per heavy atom. The van der Waals surface area contributed by atoms with E-state index in [4.69, 9.17) is 10.5 Å². The Morgan fingerprint density at radius 2 is 2.10 bits per heavy atom. The van der Waals surface area contributed by atoms with Crippen LogP contribution in [0.15, 0.2) is 24.3 Å². The van der Waals surface area contributed by atoms with Crippen LogP contribution in [0.4, 0.5) is 5.69 Å². The smallest absolute Gasteiger partial charge is 0.223 e. The second-order valence-corrected chi connectivity index (χ2v) is 6.22. The number of benzene rings is 1. The summed E-state index contributed by atoms with van der Waals surface area (Å²) in [5.74, 6) is 3.78. The first-order chi connectivity index (χ1) is 9.75. The fraction of sp³-hybridized carbons (Fsp3) is 0.533. The minimum absolute atomic E-state index is 0.0535. The Hall–Kier alpha value is -1.36. The van der Waals surface area contributed by atoms with Crippen LogP contribution in [0.3, 0.4) is 0 Å². The van der Waals surface area contributed by atoms with Crippen LogP contribution in [-0.4, -0.2) is 30.6 Å². The highest BCUT2D eigenvalue weighted by Gasteiger charge is 2.14. The lowest BCUT2D eigenvalue weighted by Gasteiger charge is -2.21. The van der Waals surface area contributed by atoms with Gasteiger partial charge in [0.05, 0.1) is 18.7 Å². The van der Waals surface area contributed by atoms with Gasteiger partial charge in [0.25, 0.3) is 0 Å². The molecule has 2 rings (SSSR count). The van der Waals surface area contributed by atoms with Gasteiger partial charge in [-0.2, -0.15) is 11.8 Å². The molecule has 4 nitrogen and oxygen atoms in total. The fourth-order valence-electron chi connectivity index (χ4n) is 2.16. The second kappa shape index (κ2) is 8.04. The van der Waals surface area contributed by atoms with Crippen LogP contribution >= 0.6 is 11.8 Å². The molecule has 1 aliphatic heterocycles. The average molecular weight is 294 g/mol. The normalized spacial score (nSPS) is 15.8. The van der Waals surface area contributed by atoms with Gasteiger partial charge >= 0.3 is 0 Å².